The van der Waals surface area contributed by atoms with Crippen LogP contribution in [-0.4, -0.2) is 18.5 Å². The second kappa shape index (κ2) is 10.5. The van der Waals surface area contributed by atoms with Crippen LogP contribution in [0.15, 0.2) is 40.8 Å². The summed E-state index contributed by atoms with van der Waals surface area (Å²) < 4.78 is 16.6. The van der Waals surface area contributed by atoms with Gasteiger partial charge in [-0.1, -0.05) is 26.0 Å². The molecule has 0 fully saturated rings. The lowest BCUT2D eigenvalue weighted by atomic mass is 9.99. The van der Waals surface area contributed by atoms with E-state index < -0.39 is 11.9 Å². The number of ether oxygens (including phenoxy) is 2. The highest BCUT2D eigenvalue weighted by molar-refractivity contribution is 7.16. The maximum atomic E-state index is 12.7. The number of anilines is 1. The molecule has 0 aliphatic rings. The Morgan fingerprint density at radius 1 is 1.09 bits per heavy atom. The first-order chi connectivity index (χ1) is 15.3. The molecule has 0 radical (unpaired) electrons. The third-order valence-corrected chi connectivity index (χ3v) is 6.54. The normalized spacial score (nSPS) is 11.8. The van der Waals surface area contributed by atoms with Gasteiger partial charge in [0, 0.05) is 4.88 Å². The van der Waals surface area contributed by atoms with Crippen molar-refractivity contribution in [3.05, 3.63) is 69.5 Å². The highest BCUT2D eigenvalue weighted by Gasteiger charge is 2.23. The van der Waals surface area contributed by atoms with Crippen molar-refractivity contribution in [3.8, 4) is 5.75 Å². The van der Waals surface area contributed by atoms with Crippen molar-refractivity contribution in [3.63, 3.8) is 0 Å². The number of hydrogen-bond acceptors (Lipinski definition) is 6. The van der Waals surface area contributed by atoms with Crippen molar-refractivity contribution in [1.82, 2.24) is 0 Å². The van der Waals surface area contributed by atoms with E-state index in [4.69, 9.17) is 13.9 Å². The molecule has 0 aliphatic carbocycles. The molecule has 1 amide bonds. The molecule has 0 spiro atoms. The molecule has 0 bridgehead atoms. The molecule has 0 saturated heterocycles. The number of hydrogen-bond donors (Lipinski definition) is 1. The molecular weight excluding hydrogens is 426 g/mol. The van der Waals surface area contributed by atoms with E-state index in [0.29, 0.717) is 22.2 Å². The number of nitrogens with one attached hydrogen (secondary N) is 1. The largest absolute Gasteiger partial charge is 0.486 e. The molecule has 0 saturated carbocycles. The Balaban J connectivity index is 1.64. The lowest BCUT2D eigenvalue weighted by molar-refractivity contribution is 0.0527. The molecule has 1 atom stereocenters. The fraction of sp³-hybridized carbons (Fsp3) is 0.360. The summed E-state index contributed by atoms with van der Waals surface area (Å²) in [5, 5.41) is 3.24. The first-order valence-electron chi connectivity index (χ1n) is 10.7. The maximum Gasteiger partial charge on any atom is 0.341 e. The van der Waals surface area contributed by atoms with Gasteiger partial charge in [-0.2, -0.15) is 0 Å². The van der Waals surface area contributed by atoms with E-state index >= 15 is 0 Å². The van der Waals surface area contributed by atoms with E-state index in [-0.39, 0.29) is 19.0 Å². The van der Waals surface area contributed by atoms with Gasteiger partial charge in [0.15, 0.2) is 5.76 Å². The molecular formula is C25H29NO5S. The van der Waals surface area contributed by atoms with Crippen molar-refractivity contribution < 1.29 is 23.5 Å². The molecule has 0 aliphatic heterocycles. The third kappa shape index (κ3) is 5.40. The fourth-order valence-electron chi connectivity index (χ4n) is 3.19. The number of carbonyl (C=O) groups is 2. The second-order valence-corrected chi connectivity index (χ2v) is 8.82. The second-order valence-electron chi connectivity index (χ2n) is 7.59. The van der Waals surface area contributed by atoms with Gasteiger partial charge in [0.05, 0.1) is 12.2 Å². The SMILES string of the molecule is CCOC(=O)c1c(NC(=O)c2ccc(COc3ccc(C(C)CC)cc3)o2)sc(C)c1C. The molecule has 6 nitrogen and oxygen atoms in total. The Bertz CT molecular complexity index is 1080. The summed E-state index contributed by atoms with van der Waals surface area (Å²) >= 11 is 1.34. The molecule has 1 N–H and O–H groups in total. The molecule has 32 heavy (non-hydrogen) atoms. The zero-order chi connectivity index (χ0) is 23.3. The number of carbonyl (C=O) groups excluding carboxylic acids is 2. The van der Waals surface area contributed by atoms with E-state index in [1.165, 1.54) is 16.9 Å². The monoisotopic (exact) mass is 455 g/mol. The summed E-state index contributed by atoms with van der Waals surface area (Å²) in [7, 11) is 0. The smallest absolute Gasteiger partial charge is 0.341 e. The van der Waals surface area contributed by atoms with Gasteiger partial charge in [-0.15, -0.1) is 11.3 Å². The zero-order valence-corrected chi connectivity index (χ0v) is 19.9. The first kappa shape index (κ1) is 23.6. The fourth-order valence-corrected chi connectivity index (χ4v) is 4.23. The third-order valence-electron chi connectivity index (χ3n) is 5.42. The average Bonchev–Trinajstić information content (AvgIpc) is 3.37. The zero-order valence-electron chi connectivity index (χ0n) is 19.1. The van der Waals surface area contributed by atoms with E-state index in [0.717, 1.165) is 22.6 Å². The molecule has 170 valence electrons. The van der Waals surface area contributed by atoms with E-state index in [2.05, 4.69) is 31.3 Å². The minimum atomic E-state index is -0.447. The van der Waals surface area contributed by atoms with Gasteiger partial charge >= 0.3 is 5.97 Å². The molecule has 2 heterocycles. The molecule has 2 aromatic heterocycles. The highest BCUT2D eigenvalue weighted by Crippen LogP contribution is 2.33. The summed E-state index contributed by atoms with van der Waals surface area (Å²) in [6.07, 6.45) is 1.09. The Kier molecular flexibility index (Phi) is 7.75. The number of esters is 1. The molecule has 1 aromatic carbocycles. The van der Waals surface area contributed by atoms with Crippen LogP contribution in [0.25, 0.3) is 0 Å². The Hall–Kier alpha value is -3.06. The minimum absolute atomic E-state index is 0.147. The number of thiophene rings is 1. The predicted molar refractivity (Wildman–Crippen MR) is 126 cm³/mol. The Labute approximate surface area is 192 Å². The van der Waals surface area contributed by atoms with Gasteiger partial charge in [0.25, 0.3) is 5.91 Å². The van der Waals surface area contributed by atoms with Crippen molar-refractivity contribution in [2.45, 2.75) is 53.6 Å². The quantitative estimate of drug-likeness (QED) is 0.374. The number of rotatable bonds is 9. The van der Waals surface area contributed by atoms with Gasteiger partial charge in [0.2, 0.25) is 0 Å². The van der Waals surface area contributed by atoms with E-state index in [1.54, 1.807) is 19.1 Å². The average molecular weight is 456 g/mol. The number of benzene rings is 1. The van der Waals surface area contributed by atoms with E-state index in [1.807, 2.05) is 26.0 Å². The summed E-state index contributed by atoms with van der Waals surface area (Å²) in [5.74, 6) is 1.05. The predicted octanol–water partition coefficient (Wildman–Crippen LogP) is 6.48. The van der Waals surface area contributed by atoms with Crippen molar-refractivity contribution in [2.75, 3.05) is 11.9 Å². The lowest BCUT2D eigenvalue weighted by Gasteiger charge is -2.10. The highest BCUT2D eigenvalue weighted by atomic mass is 32.1. The summed E-state index contributed by atoms with van der Waals surface area (Å²) in [4.78, 5) is 25.9. The van der Waals surface area contributed by atoms with E-state index in [9.17, 15) is 9.59 Å². The summed E-state index contributed by atoms with van der Waals surface area (Å²) in [6, 6.07) is 11.3. The van der Waals surface area contributed by atoms with Crippen LogP contribution in [0.4, 0.5) is 5.00 Å². The van der Waals surface area contributed by atoms with Crippen LogP contribution in [0.5, 0.6) is 5.75 Å². The van der Waals surface area contributed by atoms with Crippen LogP contribution >= 0.6 is 11.3 Å². The Morgan fingerprint density at radius 3 is 2.47 bits per heavy atom. The summed E-state index contributed by atoms with van der Waals surface area (Å²) in [5.41, 5.74) is 2.47. The van der Waals surface area contributed by atoms with Gasteiger partial charge in [-0.05, 0) is 68.5 Å². The van der Waals surface area contributed by atoms with Crippen molar-refractivity contribution >= 4 is 28.2 Å². The van der Waals surface area contributed by atoms with Crippen LogP contribution in [0, 0.1) is 13.8 Å². The van der Waals surface area contributed by atoms with Crippen LogP contribution in [0.2, 0.25) is 0 Å². The number of furan rings is 1. The van der Waals surface area contributed by atoms with Gasteiger partial charge in [-0.3, -0.25) is 4.79 Å². The van der Waals surface area contributed by atoms with Crippen LogP contribution in [0.3, 0.4) is 0 Å². The molecule has 7 heteroatoms. The van der Waals surface area contributed by atoms with Crippen LogP contribution < -0.4 is 10.1 Å². The van der Waals surface area contributed by atoms with Crippen molar-refractivity contribution in [1.29, 1.82) is 0 Å². The van der Waals surface area contributed by atoms with Gasteiger partial charge in [0.1, 0.15) is 23.1 Å². The van der Waals surface area contributed by atoms with Gasteiger partial charge in [-0.25, -0.2) is 4.79 Å². The molecule has 1 unspecified atom stereocenters. The standard InChI is InChI=1S/C25H29NO5S/c1-6-15(3)18-8-10-19(11-9-18)30-14-20-12-13-21(31-20)23(27)26-24-22(25(28)29-7-2)16(4)17(5)32-24/h8-13,15H,6-7,14H2,1-5H3,(H,26,27). The molecule has 3 rings (SSSR count). The van der Waals surface area contributed by atoms with Crippen molar-refractivity contribution in [2.24, 2.45) is 0 Å². The van der Waals surface area contributed by atoms with Crippen LogP contribution in [0.1, 0.15) is 75.8 Å². The first-order valence-corrected chi connectivity index (χ1v) is 11.6. The maximum absolute atomic E-state index is 12.7. The topological polar surface area (TPSA) is 77.8 Å². The molecule has 3 aromatic rings. The minimum Gasteiger partial charge on any atom is -0.486 e. The summed E-state index contributed by atoms with van der Waals surface area (Å²) in [6.45, 7) is 10.3. The van der Waals surface area contributed by atoms with Crippen LogP contribution in [-0.2, 0) is 11.3 Å². The number of amides is 1. The lowest BCUT2D eigenvalue weighted by Crippen LogP contribution is -2.14. The van der Waals surface area contributed by atoms with Gasteiger partial charge < -0.3 is 19.2 Å². The number of aryl methyl sites for hydroxylation is 1. The Morgan fingerprint density at radius 2 is 1.81 bits per heavy atom.